The number of piperidine rings is 1. The maximum atomic E-state index is 11.3. The van der Waals surface area contributed by atoms with Gasteiger partial charge < -0.3 is 10.2 Å². The van der Waals surface area contributed by atoms with Gasteiger partial charge in [-0.2, -0.15) is 0 Å². The molecular formula is C8H14N2O. The number of carbonyl (C=O) groups is 1. The summed E-state index contributed by atoms with van der Waals surface area (Å²) in [4.78, 5) is 13.5. The molecule has 2 atom stereocenters. The Kier molecular flexibility index (Phi) is 1.69. The lowest BCUT2D eigenvalue weighted by Gasteiger charge is -2.30. The van der Waals surface area contributed by atoms with Gasteiger partial charge in [-0.1, -0.05) is 0 Å². The molecule has 2 aliphatic rings. The van der Waals surface area contributed by atoms with Crippen molar-refractivity contribution in [3.63, 3.8) is 0 Å². The summed E-state index contributed by atoms with van der Waals surface area (Å²) >= 11 is 0. The lowest BCUT2D eigenvalue weighted by atomic mass is 9.93. The number of fused-ring (bicyclic) bond motifs is 1. The third-order valence-corrected chi connectivity index (χ3v) is 2.77. The molecule has 0 radical (unpaired) electrons. The van der Waals surface area contributed by atoms with Crippen LogP contribution in [-0.2, 0) is 4.79 Å². The van der Waals surface area contributed by atoms with Crippen molar-refractivity contribution in [2.75, 3.05) is 26.7 Å². The summed E-state index contributed by atoms with van der Waals surface area (Å²) in [7, 11) is 2.09. The van der Waals surface area contributed by atoms with Crippen molar-refractivity contribution in [1.29, 1.82) is 0 Å². The molecule has 2 fully saturated rings. The van der Waals surface area contributed by atoms with Crippen LogP contribution in [0.1, 0.15) is 6.42 Å². The summed E-state index contributed by atoms with van der Waals surface area (Å²) in [5.74, 6) is 0.690. The minimum absolute atomic E-state index is 0.286. The molecule has 0 bridgehead atoms. The Hall–Kier alpha value is -0.410. The number of rotatable bonds is 0. The molecule has 0 amide bonds. The van der Waals surface area contributed by atoms with Gasteiger partial charge in [0.2, 0.25) is 0 Å². The first-order chi connectivity index (χ1) is 5.27. The lowest BCUT2D eigenvalue weighted by Crippen LogP contribution is -2.43. The molecule has 3 nitrogen and oxygen atoms in total. The molecule has 0 saturated carbocycles. The summed E-state index contributed by atoms with van der Waals surface area (Å²) in [6.45, 7) is 2.68. The fourth-order valence-corrected chi connectivity index (χ4v) is 2.05. The summed E-state index contributed by atoms with van der Waals surface area (Å²) in [5, 5.41) is 3.25. The minimum atomic E-state index is 0.286. The van der Waals surface area contributed by atoms with Crippen molar-refractivity contribution >= 4 is 5.78 Å². The summed E-state index contributed by atoms with van der Waals surface area (Å²) in [6.07, 6.45) is 1.13. The second-order valence-corrected chi connectivity index (χ2v) is 3.61. The van der Waals surface area contributed by atoms with Crippen LogP contribution in [0.3, 0.4) is 0 Å². The molecule has 0 aromatic heterocycles. The Balaban J connectivity index is 2.07. The minimum Gasteiger partial charge on any atom is -0.306 e. The summed E-state index contributed by atoms with van der Waals surface area (Å²) in [6, 6.07) is 0.485. The van der Waals surface area contributed by atoms with E-state index in [1.165, 1.54) is 0 Å². The second-order valence-electron chi connectivity index (χ2n) is 3.61. The molecule has 2 saturated heterocycles. The molecular weight excluding hydrogens is 140 g/mol. The van der Waals surface area contributed by atoms with Crippen molar-refractivity contribution in [2.45, 2.75) is 12.5 Å². The molecule has 0 aromatic carbocycles. The van der Waals surface area contributed by atoms with Crippen molar-refractivity contribution in [3.8, 4) is 0 Å². The summed E-state index contributed by atoms with van der Waals surface area (Å²) in [5.41, 5.74) is 0. The molecule has 1 N–H and O–H groups in total. The average molecular weight is 154 g/mol. The number of nitrogens with zero attached hydrogens (tertiary/aromatic N) is 1. The van der Waals surface area contributed by atoms with Crippen LogP contribution >= 0.6 is 0 Å². The lowest BCUT2D eigenvalue weighted by molar-refractivity contribution is -0.120. The molecule has 2 rings (SSSR count). The number of hydrogen-bond donors (Lipinski definition) is 1. The van der Waals surface area contributed by atoms with Crippen LogP contribution in [0.25, 0.3) is 0 Å². The van der Waals surface area contributed by atoms with Gasteiger partial charge in [-0.15, -0.1) is 0 Å². The molecule has 0 aromatic rings. The maximum Gasteiger partial charge on any atom is 0.152 e. The second kappa shape index (κ2) is 2.57. The predicted molar refractivity (Wildman–Crippen MR) is 42.4 cm³/mol. The van der Waals surface area contributed by atoms with E-state index in [1.807, 2.05) is 0 Å². The first-order valence-electron chi connectivity index (χ1n) is 4.22. The fraction of sp³-hybridized carbons (Fsp3) is 0.875. The zero-order chi connectivity index (χ0) is 7.84. The first-order valence-corrected chi connectivity index (χ1v) is 4.22. The number of hydrogen-bond acceptors (Lipinski definition) is 3. The van der Waals surface area contributed by atoms with E-state index in [-0.39, 0.29) is 5.92 Å². The smallest absolute Gasteiger partial charge is 0.152 e. The molecule has 0 aliphatic carbocycles. The number of likely N-dealkylation sites (tertiary alicyclic amines) is 1. The van der Waals surface area contributed by atoms with Crippen LogP contribution in [0, 0.1) is 5.92 Å². The van der Waals surface area contributed by atoms with E-state index in [4.69, 9.17) is 0 Å². The Morgan fingerprint density at radius 1 is 1.64 bits per heavy atom. The van der Waals surface area contributed by atoms with Crippen molar-refractivity contribution in [3.05, 3.63) is 0 Å². The Morgan fingerprint density at radius 2 is 2.45 bits per heavy atom. The van der Waals surface area contributed by atoms with Crippen LogP contribution in [0.15, 0.2) is 0 Å². The highest BCUT2D eigenvalue weighted by molar-refractivity contribution is 5.86. The molecule has 2 unspecified atom stereocenters. The van der Waals surface area contributed by atoms with Gasteiger partial charge in [0.15, 0.2) is 5.78 Å². The predicted octanol–water partition coefficient (Wildman–Crippen LogP) is -0.521. The number of ketones is 1. The van der Waals surface area contributed by atoms with Gasteiger partial charge in [0.05, 0.1) is 6.54 Å². The SMILES string of the molecule is CN1CCC2NCC(=O)C2C1. The molecule has 2 aliphatic heterocycles. The van der Waals surface area contributed by atoms with E-state index < -0.39 is 0 Å². The van der Waals surface area contributed by atoms with Crippen molar-refractivity contribution in [1.82, 2.24) is 10.2 Å². The standard InChI is InChI=1S/C8H14N2O/c1-10-3-2-7-6(5-10)8(11)4-9-7/h6-7,9H,2-5H2,1H3. The van der Waals surface area contributed by atoms with E-state index in [1.54, 1.807) is 0 Å². The Labute approximate surface area is 66.8 Å². The Bertz CT molecular complexity index is 181. The zero-order valence-electron chi connectivity index (χ0n) is 6.84. The van der Waals surface area contributed by atoms with E-state index in [0.717, 1.165) is 19.5 Å². The van der Waals surface area contributed by atoms with Gasteiger partial charge in [-0.05, 0) is 20.0 Å². The van der Waals surface area contributed by atoms with Crippen molar-refractivity contribution in [2.24, 2.45) is 5.92 Å². The molecule has 2 heterocycles. The topological polar surface area (TPSA) is 32.3 Å². The van der Waals surface area contributed by atoms with Crippen LogP contribution in [0.5, 0.6) is 0 Å². The van der Waals surface area contributed by atoms with Crippen LogP contribution in [0.2, 0.25) is 0 Å². The molecule has 11 heavy (non-hydrogen) atoms. The Morgan fingerprint density at radius 3 is 3.27 bits per heavy atom. The van der Waals surface area contributed by atoms with Gasteiger partial charge in [-0.3, -0.25) is 4.79 Å². The van der Waals surface area contributed by atoms with Gasteiger partial charge in [0.1, 0.15) is 0 Å². The third kappa shape index (κ3) is 1.19. The maximum absolute atomic E-state index is 11.3. The first kappa shape index (κ1) is 7.25. The molecule has 62 valence electrons. The van der Waals surface area contributed by atoms with Crippen LogP contribution in [0.4, 0.5) is 0 Å². The number of Topliss-reactive ketones (excluding diaryl/α,β-unsaturated/α-hetero) is 1. The quantitative estimate of drug-likeness (QED) is 0.509. The number of nitrogens with one attached hydrogen (secondary N) is 1. The number of carbonyl (C=O) groups excluding carboxylic acids is 1. The van der Waals surface area contributed by atoms with E-state index in [2.05, 4.69) is 17.3 Å². The normalized spacial score (nSPS) is 39.2. The average Bonchev–Trinajstić information content (AvgIpc) is 2.33. The van der Waals surface area contributed by atoms with E-state index in [0.29, 0.717) is 18.4 Å². The monoisotopic (exact) mass is 154 g/mol. The molecule has 0 spiro atoms. The van der Waals surface area contributed by atoms with Gasteiger partial charge in [0.25, 0.3) is 0 Å². The van der Waals surface area contributed by atoms with Gasteiger partial charge in [0, 0.05) is 18.5 Å². The van der Waals surface area contributed by atoms with Crippen LogP contribution < -0.4 is 5.32 Å². The highest BCUT2D eigenvalue weighted by Crippen LogP contribution is 2.20. The van der Waals surface area contributed by atoms with Crippen molar-refractivity contribution < 1.29 is 4.79 Å². The largest absolute Gasteiger partial charge is 0.306 e. The third-order valence-electron chi connectivity index (χ3n) is 2.77. The molecule has 3 heteroatoms. The fourth-order valence-electron chi connectivity index (χ4n) is 2.05. The zero-order valence-corrected chi connectivity index (χ0v) is 6.84. The van der Waals surface area contributed by atoms with E-state index >= 15 is 0 Å². The van der Waals surface area contributed by atoms with Crippen LogP contribution in [-0.4, -0.2) is 43.4 Å². The summed E-state index contributed by atoms with van der Waals surface area (Å²) < 4.78 is 0. The highest BCUT2D eigenvalue weighted by atomic mass is 16.1. The highest BCUT2D eigenvalue weighted by Gasteiger charge is 2.37. The van der Waals surface area contributed by atoms with Gasteiger partial charge in [-0.25, -0.2) is 0 Å². The van der Waals surface area contributed by atoms with E-state index in [9.17, 15) is 4.79 Å². The van der Waals surface area contributed by atoms with Gasteiger partial charge >= 0.3 is 0 Å².